The largest absolute Gasteiger partial charge is 0.371 e. The summed E-state index contributed by atoms with van der Waals surface area (Å²) < 4.78 is 0. The van der Waals surface area contributed by atoms with Crippen LogP contribution in [0.25, 0.3) is 0 Å². The van der Waals surface area contributed by atoms with Crippen molar-refractivity contribution in [1.82, 2.24) is 10.6 Å². The molecule has 2 N–H and O–H groups in total. The van der Waals surface area contributed by atoms with E-state index < -0.39 is 0 Å². The fourth-order valence-corrected chi connectivity index (χ4v) is 3.32. The van der Waals surface area contributed by atoms with E-state index in [1.165, 1.54) is 17.7 Å². The van der Waals surface area contributed by atoms with Crippen LogP contribution in [0.2, 0.25) is 0 Å². The number of nitrogens with zero attached hydrogens (tertiary/aromatic N) is 1. The normalized spacial score (nSPS) is 19.3. The van der Waals surface area contributed by atoms with Gasteiger partial charge in [-0.2, -0.15) is 0 Å². The minimum absolute atomic E-state index is 0. The van der Waals surface area contributed by atoms with Crippen molar-refractivity contribution in [3.8, 4) is 0 Å². The summed E-state index contributed by atoms with van der Waals surface area (Å²) in [4.78, 5) is 14.4. The average molecular weight is 360 g/mol. The molecule has 2 aliphatic heterocycles. The molecule has 0 bridgehead atoms. The first-order chi connectivity index (χ1) is 10.3. The monoisotopic (exact) mass is 359 g/mol. The van der Waals surface area contributed by atoms with Crippen molar-refractivity contribution >= 4 is 36.4 Å². The van der Waals surface area contributed by atoms with Gasteiger partial charge in [-0.3, -0.25) is 4.79 Å². The first-order valence-corrected chi connectivity index (χ1v) is 8.18. The average Bonchev–Trinajstić information content (AvgIpc) is 2.95. The van der Waals surface area contributed by atoms with Crippen molar-refractivity contribution in [2.75, 3.05) is 31.1 Å². The topological polar surface area (TPSA) is 44.4 Å². The predicted octanol–water partition coefficient (Wildman–Crippen LogP) is 2.54. The van der Waals surface area contributed by atoms with E-state index in [1.807, 2.05) is 0 Å². The summed E-state index contributed by atoms with van der Waals surface area (Å²) in [6.07, 6.45) is 5.49. The number of rotatable bonds is 5. The lowest BCUT2D eigenvalue weighted by Crippen LogP contribution is -2.47. The second kappa shape index (κ2) is 10.0. The molecule has 3 rings (SSSR count). The van der Waals surface area contributed by atoms with Gasteiger partial charge < -0.3 is 15.5 Å². The minimum atomic E-state index is 0. The first-order valence-electron chi connectivity index (χ1n) is 8.18. The second-order valence-electron chi connectivity index (χ2n) is 6.01. The maximum atomic E-state index is 12.0. The Morgan fingerprint density at radius 3 is 2.87 bits per heavy atom. The number of para-hydroxylation sites is 1. The lowest BCUT2D eigenvalue weighted by molar-refractivity contribution is -0.123. The van der Waals surface area contributed by atoms with Crippen molar-refractivity contribution < 1.29 is 4.79 Å². The van der Waals surface area contributed by atoms with Gasteiger partial charge in [0.15, 0.2) is 0 Å². The number of benzene rings is 1. The van der Waals surface area contributed by atoms with Gasteiger partial charge in [0.1, 0.15) is 0 Å². The molecule has 0 aliphatic carbocycles. The Labute approximate surface area is 151 Å². The van der Waals surface area contributed by atoms with Gasteiger partial charge in [0.05, 0.1) is 6.04 Å². The highest BCUT2D eigenvalue weighted by molar-refractivity contribution is 5.85. The second-order valence-corrected chi connectivity index (χ2v) is 6.01. The van der Waals surface area contributed by atoms with Crippen LogP contribution in [-0.4, -0.2) is 38.1 Å². The molecule has 1 aromatic carbocycles. The van der Waals surface area contributed by atoms with E-state index in [-0.39, 0.29) is 36.8 Å². The molecule has 1 aromatic rings. The van der Waals surface area contributed by atoms with Crippen LogP contribution < -0.4 is 15.5 Å². The van der Waals surface area contributed by atoms with Crippen molar-refractivity contribution in [3.05, 3.63) is 29.8 Å². The highest BCUT2D eigenvalue weighted by Crippen LogP contribution is 2.27. The number of halogens is 2. The summed E-state index contributed by atoms with van der Waals surface area (Å²) in [7, 11) is 0. The molecule has 2 aliphatic rings. The molecule has 0 radical (unpaired) electrons. The highest BCUT2D eigenvalue weighted by Gasteiger charge is 2.20. The van der Waals surface area contributed by atoms with Gasteiger partial charge in [-0.15, -0.1) is 24.8 Å². The molecule has 130 valence electrons. The molecule has 6 heteroatoms. The van der Waals surface area contributed by atoms with Crippen molar-refractivity contribution in [2.24, 2.45) is 0 Å². The molecule has 4 nitrogen and oxygen atoms in total. The van der Waals surface area contributed by atoms with Gasteiger partial charge in [-0.05, 0) is 43.9 Å². The summed E-state index contributed by atoms with van der Waals surface area (Å²) in [6, 6.07) is 8.66. The third-order valence-corrected chi connectivity index (χ3v) is 4.51. The lowest BCUT2D eigenvalue weighted by atomic mass is 10.0. The molecular weight excluding hydrogens is 333 g/mol. The highest BCUT2D eigenvalue weighted by atomic mass is 35.5. The Kier molecular flexibility index (Phi) is 8.74. The summed E-state index contributed by atoms with van der Waals surface area (Å²) >= 11 is 0. The number of fused-ring (bicyclic) bond motifs is 1. The Balaban J connectivity index is 0.00000132. The molecule has 1 unspecified atom stereocenters. The third-order valence-electron chi connectivity index (χ3n) is 4.51. The number of carbonyl (C=O) groups is 1. The third kappa shape index (κ3) is 5.27. The Morgan fingerprint density at radius 1 is 1.26 bits per heavy atom. The molecular formula is C17H27Cl2N3O. The zero-order valence-electron chi connectivity index (χ0n) is 13.4. The van der Waals surface area contributed by atoms with Crippen molar-refractivity contribution in [2.45, 2.75) is 38.1 Å². The number of carbonyl (C=O) groups excluding carboxylic acids is 1. The van der Waals surface area contributed by atoms with E-state index in [0.29, 0.717) is 0 Å². The quantitative estimate of drug-likeness (QED) is 0.794. The first kappa shape index (κ1) is 20.1. The van der Waals surface area contributed by atoms with Crippen LogP contribution in [0, 0.1) is 0 Å². The van der Waals surface area contributed by atoms with Gasteiger partial charge in [0, 0.05) is 25.3 Å². The van der Waals surface area contributed by atoms with Crippen molar-refractivity contribution in [3.63, 3.8) is 0 Å². The number of hydrogen-bond acceptors (Lipinski definition) is 3. The summed E-state index contributed by atoms with van der Waals surface area (Å²) in [5.74, 6) is 0.177. The number of hydrogen-bond donors (Lipinski definition) is 2. The standard InChI is InChI=1S/C17H25N3O.2ClH/c21-17(15-7-3-4-10-18-15)19-11-5-12-20-13-9-14-6-1-2-8-16(14)20;;/h1-2,6,8,15,18H,3-5,7,9-13H2,(H,19,21);2*1H. The van der Waals surface area contributed by atoms with Gasteiger partial charge in [-0.25, -0.2) is 0 Å². The van der Waals surface area contributed by atoms with Gasteiger partial charge in [0.2, 0.25) is 5.91 Å². The zero-order valence-corrected chi connectivity index (χ0v) is 15.1. The summed E-state index contributed by atoms with van der Waals surface area (Å²) in [5, 5.41) is 6.36. The molecule has 1 fully saturated rings. The van der Waals surface area contributed by atoms with Gasteiger partial charge in [-0.1, -0.05) is 24.6 Å². The molecule has 0 aromatic heterocycles. The van der Waals surface area contributed by atoms with E-state index in [4.69, 9.17) is 0 Å². The van der Waals surface area contributed by atoms with E-state index in [0.717, 1.165) is 51.9 Å². The Morgan fingerprint density at radius 2 is 2.09 bits per heavy atom. The molecule has 0 saturated carbocycles. The van der Waals surface area contributed by atoms with E-state index >= 15 is 0 Å². The van der Waals surface area contributed by atoms with Crippen LogP contribution >= 0.6 is 24.8 Å². The molecule has 0 spiro atoms. The summed E-state index contributed by atoms with van der Waals surface area (Å²) in [5.41, 5.74) is 2.82. The zero-order chi connectivity index (χ0) is 14.5. The van der Waals surface area contributed by atoms with Gasteiger partial charge in [0.25, 0.3) is 0 Å². The van der Waals surface area contributed by atoms with E-state index in [2.05, 4.69) is 39.8 Å². The SMILES string of the molecule is Cl.Cl.O=C(NCCCN1CCc2ccccc21)C1CCCCN1. The number of anilines is 1. The van der Waals surface area contributed by atoms with Crippen LogP contribution in [0.3, 0.4) is 0 Å². The maximum absolute atomic E-state index is 12.0. The molecule has 23 heavy (non-hydrogen) atoms. The Hall–Kier alpha value is -0.970. The Bertz CT molecular complexity index is 492. The number of nitrogens with one attached hydrogen (secondary N) is 2. The van der Waals surface area contributed by atoms with Crippen molar-refractivity contribution in [1.29, 1.82) is 0 Å². The fraction of sp³-hybridized carbons (Fsp3) is 0.588. The van der Waals surface area contributed by atoms with Crippen LogP contribution in [0.1, 0.15) is 31.2 Å². The molecule has 1 atom stereocenters. The van der Waals surface area contributed by atoms with Crippen LogP contribution in [-0.2, 0) is 11.2 Å². The van der Waals surface area contributed by atoms with E-state index in [1.54, 1.807) is 0 Å². The van der Waals surface area contributed by atoms with Gasteiger partial charge >= 0.3 is 0 Å². The van der Waals surface area contributed by atoms with E-state index in [9.17, 15) is 4.79 Å². The lowest BCUT2D eigenvalue weighted by Gasteiger charge is -2.23. The molecule has 1 saturated heterocycles. The van der Waals surface area contributed by atoms with Crippen LogP contribution in [0.15, 0.2) is 24.3 Å². The maximum Gasteiger partial charge on any atom is 0.237 e. The number of amides is 1. The molecule has 1 amide bonds. The summed E-state index contributed by atoms with van der Waals surface area (Å²) in [6.45, 7) is 3.88. The fourth-order valence-electron chi connectivity index (χ4n) is 3.32. The van der Waals surface area contributed by atoms with Crippen LogP contribution in [0.4, 0.5) is 5.69 Å². The number of piperidine rings is 1. The minimum Gasteiger partial charge on any atom is -0.371 e. The molecule has 2 heterocycles. The smallest absolute Gasteiger partial charge is 0.237 e. The van der Waals surface area contributed by atoms with Crippen LogP contribution in [0.5, 0.6) is 0 Å². The predicted molar refractivity (Wildman–Crippen MR) is 100 cm³/mol.